The fourth-order valence-electron chi connectivity index (χ4n) is 5.18. The largest absolute Gasteiger partial charge is 0.416 e. The summed E-state index contributed by atoms with van der Waals surface area (Å²) in [7, 11) is 0. The second-order valence-electron chi connectivity index (χ2n) is 9.00. The van der Waals surface area contributed by atoms with Crippen LogP contribution in [-0.4, -0.2) is 9.13 Å². The van der Waals surface area contributed by atoms with Crippen LogP contribution in [0.2, 0.25) is 0 Å². The third-order valence-corrected chi connectivity index (χ3v) is 6.85. The molecule has 0 aliphatic carbocycles. The average molecular weight is 457 g/mol. The summed E-state index contributed by atoms with van der Waals surface area (Å²) in [5, 5.41) is 1.22. The SMILES string of the molecule is Cc1ccc(-c2ccc3n2CCc2c-3n(Cc3ccc(C(F)(F)F)cc3)c3ccccc23)cc1. The molecule has 1 aliphatic heterocycles. The molecule has 0 N–H and O–H groups in total. The van der Waals surface area contributed by atoms with E-state index in [0.29, 0.717) is 6.54 Å². The van der Waals surface area contributed by atoms with Gasteiger partial charge < -0.3 is 9.13 Å². The number of para-hydroxylation sites is 1. The number of alkyl halides is 3. The highest BCUT2D eigenvalue weighted by Gasteiger charge is 2.30. The first kappa shape index (κ1) is 20.8. The smallest absolute Gasteiger partial charge is 0.339 e. The van der Waals surface area contributed by atoms with Crippen LogP contribution in [0.15, 0.2) is 84.9 Å². The standard InChI is InChI=1S/C29H23F3N2/c1-19-6-10-21(11-7-19)25-14-15-27-28-24(16-17-33(25)27)23-4-2-3-5-26(23)34(28)18-20-8-12-22(13-9-20)29(30,31)32/h2-15H,16-18H2,1H3. The van der Waals surface area contributed by atoms with Gasteiger partial charge in [0.15, 0.2) is 0 Å². The number of rotatable bonds is 3. The molecular formula is C29H23F3N2. The summed E-state index contributed by atoms with van der Waals surface area (Å²) in [6, 6.07) is 26.8. The van der Waals surface area contributed by atoms with Crippen molar-refractivity contribution in [2.45, 2.75) is 32.6 Å². The second-order valence-corrected chi connectivity index (χ2v) is 9.00. The molecule has 0 radical (unpaired) electrons. The Morgan fingerprint density at radius 1 is 0.794 bits per heavy atom. The van der Waals surface area contributed by atoms with E-state index in [9.17, 15) is 13.2 Å². The van der Waals surface area contributed by atoms with E-state index in [2.05, 4.69) is 70.7 Å². The predicted octanol–water partition coefficient (Wildman–Crippen LogP) is 7.71. The first-order valence-corrected chi connectivity index (χ1v) is 11.4. The first-order chi connectivity index (χ1) is 16.4. The van der Waals surface area contributed by atoms with Crippen LogP contribution in [0, 0.1) is 6.92 Å². The summed E-state index contributed by atoms with van der Waals surface area (Å²) in [6.45, 7) is 3.50. The molecule has 5 heteroatoms. The van der Waals surface area contributed by atoms with Crippen molar-refractivity contribution in [2.24, 2.45) is 0 Å². The third-order valence-electron chi connectivity index (χ3n) is 6.85. The Hall–Kier alpha value is -3.73. The fourth-order valence-corrected chi connectivity index (χ4v) is 5.18. The van der Waals surface area contributed by atoms with Gasteiger partial charge in [-0.2, -0.15) is 13.2 Å². The van der Waals surface area contributed by atoms with Gasteiger partial charge >= 0.3 is 6.18 Å². The molecule has 5 aromatic rings. The normalized spacial score (nSPS) is 13.2. The Morgan fingerprint density at radius 2 is 1.50 bits per heavy atom. The molecule has 0 atom stereocenters. The lowest BCUT2D eigenvalue weighted by atomic mass is 10.0. The minimum Gasteiger partial charge on any atom is -0.339 e. The Balaban J connectivity index is 1.49. The molecule has 6 rings (SSSR count). The molecule has 2 nitrogen and oxygen atoms in total. The Kier molecular flexibility index (Phi) is 4.70. The van der Waals surface area contributed by atoms with E-state index < -0.39 is 11.7 Å². The van der Waals surface area contributed by atoms with Crippen molar-refractivity contribution in [3.63, 3.8) is 0 Å². The van der Waals surface area contributed by atoms with E-state index in [1.54, 1.807) is 12.1 Å². The summed E-state index contributed by atoms with van der Waals surface area (Å²) in [4.78, 5) is 0. The maximum Gasteiger partial charge on any atom is 0.416 e. The van der Waals surface area contributed by atoms with E-state index in [-0.39, 0.29) is 0 Å². The summed E-state index contributed by atoms with van der Waals surface area (Å²) in [5.41, 5.74) is 8.56. The van der Waals surface area contributed by atoms with Crippen molar-refractivity contribution in [2.75, 3.05) is 0 Å². The summed E-state index contributed by atoms with van der Waals surface area (Å²) < 4.78 is 43.8. The van der Waals surface area contributed by atoms with Crippen LogP contribution >= 0.6 is 0 Å². The number of hydrogen-bond donors (Lipinski definition) is 0. The molecule has 3 heterocycles. The summed E-state index contributed by atoms with van der Waals surface area (Å²) >= 11 is 0. The van der Waals surface area contributed by atoms with Gasteiger partial charge in [-0.3, -0.25) is 0 Å². The molecule has 34 heavy (non-hydrogen) atoms. The van der Waals surface area contributed by atoms with Gasteiger partial charge in [0.2, 0.25) is 0 Å². The van der Waals surface area contributed by atoms with Crippen molar-refractivity contribution in [1.82, 2.24) is 9.13 Å². The molecular weight excluding hydrogens is 433 g/mol. The van der Waals surface area contributed by atoms with Gasteiger partial charge in [-0.25, -0.2) is 0 Å². The average Bonchev–Trinajstić information content (AvgIpc) is 3.39. The number of benzene rings is 3. The number of fused-ring (bicyclic) bond motifs is 5. The Labute approximate surface area is 195 Å². The minimum absolute atomic E-state index is 0.513. The molecule has 1 aliphatic rings. The van der Waals surface area contributed by atoms with E-state index >= 15 is 0 Å². The molecule has 3 aromatic carbocycles. The lowest BCUT2D eigenvalue weighted by molar-refractivity contribution is -0.137. The second kappa shape index (κ2) is 7.66. The zero-order valence-electron chi connectivity index (χ0n) is 18.7. The number of nitrogens with zero attached hydrogens (tertiary/aromatic N) is 2. The highest BCUT2D eigenvalue weighted by atomic mass is 19.4. The highest BCUT2D eigenvalue weighted by Crippen LogP contribution is 2.41. The van der Waals surface area contributed by atoms with E-state index in [4.69, 9.17) is 0 Å². The maximum absolute atomic E-state index is 13.1. The zero-order valence-corrected chi connectivity index (χ0v) is 18.7. The van der Waals surface area contributed by atoms with Crippen LogP contribution in [-0.2, 0) is 25.7 Å². The maximum atomic E-state index is 13.1. The first-order valence-electron chi connectivity index (χ1n) is 11.4. The lowest BCUT2D eigenvalue weighted by Gasteiger charge is -2.22. The van der Waals surface area contributed by atoms with Gasteiger partial charge in [-0.15, -0.1) is 0 Å². The van der Waals surface area contributed by atoms with Crippen molar-refractivity contribution in [3.05, 3.63) is 107 Å². The summed E-state index contributed by atoms with van der Waals surface area (Å²) in [6.07, 6.45) is -3.42. The van der Waals surface area contributed by atoms with Crippen LogP contribution in [0.5, 0.6) is 0 Å². The number of hydrogen-bond acceptors (Lipinski definition) is 0. The molecule has 0 unspecified atom stereocenters. The summed E-state index contributed by atoms with van der Waals surface area (Å²) in [5.74, 6) is 0. The minimum atomic E-state index is -4.33. The van der Waals surface area contributed by atoms with Crippen molar-refractivity contribution in [3.8, 4) is 22.6 Å². The third kappa shape index (κ3) is 3.35. The van der Waals surface area contributed by atoms with Crippen molar-refractivity contribution < 1.29 is 13.2 Å². The van der Waals surface area contributed by atoms with Gasteiger partial charge in [0.1, 0.15) is 0 Å². The zero-order chi connectivity index (χ0) is 23.4. The highest BCUT2D eigenvalue weighted by molar-refractivity contribution is 5.92. The molecule has 0 saturated heterocycles. The monoisotopic (exact) mass is 456 g/mol. The van der Waals surface area contributed by atoms with Crippen LogP contribution < -0.4 is 0 Å². The molecule has 0 saturated carbocycles. The van der Waals surface area contributed by atoms with Crippen LogP contribution in [0.1, 0.15) is 22.3 Å². The van der Waals surface area contributed by atoms with Crippen molar-refractivity contribution >= 4 is 10.9 Å². The van der Waals surface area contributed by atoms with Crippen LogP contribution in [0.4, 0.5) is 13.2 Å². The van der Waals surface area contributed by atoms with Gasteiger partial charge in [-0.05, 0) is 60.4 Å². The van der Waals surface area contributed by atoms with Crippen LogP contribution in [0.25, 0.3) is 33.5 Å². The van der Waals surface area contributed by atoms with Crippen molar-refractivity contribution in [1.29, 1.82) is 0 Å². The molecule has 0 bridgehead atoms. The van der Waals surface area contributed by atoms with E-state index in [1.807, 2.05) is 6.07 Å². The topological polar surface area (TPSA) is 9.86 Å². The molecule has 0 amide bonds. The molecule has 0 fully saturated rings. The Morgan fingerprint density at radius 3 is 2.24 bits per heavy atom. The number of aromatic nitrogens is 2. The van der Waals surface area contributed by atoms with Gasteiger partial charge in [0.25, 0.3) is 0 Å². The van der Waals surface area contributed by atoms with E-state index in [0.717, 1.165) is 35.4 Å². The van der Waals surface area contributed by atoms with Gasteiger partial charge in [0, 0.05) is 29.7 Å². The Bertz CT molecular complexity index is 1500. The molecule has 0 spiro atoms. The predicted molar refractivity (Wildman–Crippen MR) is 130 cm³/mol. The number of aryl methyl sites for hydroxylation is 2. The van der Waals surface area contributed by atoms with Gasteiger partial charge in [0.05, 0.1) is 17.0 Å². The number of halogens is 3. The molecule has 2 aromatic heterocycles. The van der Waals surface area contributed by atoms with Gasteiger partial charge in [-0.1, -0.05) is 60.2 Å². The fraction of sp³-hybridized carbons (Fsp3) is 0.172. The lowest BCUT2D eigenvalue weighted by Crippen LogP contribution is -2.14. The molecule has 170 valence electrons. The van der Waals surface area contributed by atoms with Crippen LogP contribution in [0.3, 0.4) is 0 Å². The van der Waals surface area contributed by atoms with E-state index in [1.165, 1.54) is 39.9 Å². The quantitative estimate of drug-likeness (QED) is 0.263.